The van der Waals surface area contributed by atoms with Gasteiger partial charge < -0.3 is 16.0 Å². The largest absolute Gasteiger partial charge is 0.397 e. The summed E-state index contributed by atoms with van der Waals surface area (Å²) in [7, 11) is 2.16. The topological polar surface area (TPSA) is 58.4 Å². The molecule has 0 atom stereocenters. The first-order valence-corrected chi connectivity index (χ1v) is 7.99. The van der Waals surface area contributed by atoms with Crippen molar-refractivity contribution in [2.45, 2.75) is 44.6 Å². The molecule has 0 heterocycles. The highest BCUT2D eigenvalue weighted by molar-refractivity contribution is 6.33. The Bertz CT molecular complexity index is 486. The molecular formula is C16H24ClN3O. The maximum Gasteiger partial charge on any atom is 0.224 e. The number of halogens is 1. The zero-order valence-electron chi connectivity index (χ0n) is 12.6. The van der Waals surface area contributed by atoms with Gasteiger partial charge in [0.15, 0.2) is 0 Å². The molecule has 4 nitrogen and oxygen atoms in total. The lowest BCUT2D eigenvalue weighted by molar-refractivity contribution is -0.116. The Morgan fingerprint density at radius 1 is 1.43 bits per heavy atom. The van der Waals surface area contributed by atoms with Crippen molar-refractivity contribution in [1.82, 2.24) is 4.90 Å². The van der Waals surface area contributed by atoms with E-state index in [1.807, 2.05) is 0 Å². The van der Waals surface area contributed by atoms with Crippen molar-refractivity contribution < 1.29 is 4.79 Å². The van der Waals surface area contributed by atoms with Gasteiger partial charge in [0.25, 0.3) is 0 Å². The number of rotatable bonds is 6. The fourth-order valence-electron chi connectivity index (χ4n) is 2.86. The highest BCUT2D eigenvalue weighted by atomic mass is 35.5. The molecule has 0 saturated heterocycles. The normalized spacial score (nSPS) is 15.6. The van der Waals surface area contributed by atoms with Gasteiger partial charge in [-0.2, -0.15) is 0 Å². The molecular weight excluding hydrogens is 286 g/mol. The fraction of sp³-hybridized carbons (Fsp3) is 0.562. The zero-order chi connectivity index (χ0) is 15.2. The first-order chi connectivity index (χ1) is 10.1. The molecule has 0 spiro atoms. The van der Waals surface area contributed by atoms with Gasteiger partial charge in [0.05, 0.1) is 10.7 Å². The minimum Gasteiger partial charge on any atom is -0.397 e. The number of benzene rings is 1. The van der Waals surface area contributed by atoms with Gasteiger partial charge in [0.1, 0.15) is 0 Å². The van der Waals surface area contributed by atoms with Gasteiger partial charge in [0, 0.05) is 18.2 Å². The second kappa shape index (κ2) is 7.66. The number of carbonyl (C=O) groups excluding carboxylic acids is 1. The van der Waals surface area contributed by atoms with E-state index in [1.165, 1.54) is 25.7 Å². The first-order valence-electron chi connectivity index (χ1n) is 7.61. The summed E-state index contributed by atoms with van der Waals surface area (Å²) in [6, 6.07) is 5.86. The van der Waals surface area contributed by atoms with Crippen LogP contribution in [0.2, 0.25) is 5.02 Å². The van der Waals surface area contributed by atoms with E-state index in [0.717, 1.165) is 13.0 Å². The zero-order valence-corrected chi connectivity index (χ0v) is 13.3. The predicted octanol–water partition coefficient (Wildman–Crippen LogP) is 3.52. The molecule has 116 valence electrons. The van der Waals surface area contributed by atoms with Crippen LogP contribution >= 0.6 is 11.6 Å². The summed E-state index contributed by atoms with van der Waals surface area (Å²) >= 11 is 5.85. The van der Waals surface area contributed by atoms with Crippen molar-refractivity contribution in [2.24, 2.45) is 0 Å². The van der Waals surface area contributed by atoms with Crippen LogP contribution in [-0.4, -0.2) is 30.4 Å². The van der Waals surface area contributed by atoms with Crippen molar-refractivity contribution in [3.63, 3.8) is 0 Å². The third kappa shape index (κ3) is 4.90. The van der Waals surface area contributed by atoms with Gasteiger partial charge in [-0.25, -0.2) is 0 Å². The number of anilines is 2. The Morgan fingerprint density at radius 3 is 2.81 bits per heavy atom. The number of amides is 1. The molecule has 0 aromatic heterocycles. The summed E-state index contributed by atoms with van der Waals surface area (Å²) in [4.78, 5) is 14.3. The second-order valence-corrected chi connectivity index (χ2v) is 6.21. The predicted molar refractivity (Wildman–Crippen MR) is 88.6 cm³/mol. The summed E-state index contributed by atoms with van der Waals surface area (Å²) in [6.45, 7) is 0.973. The summed E-state index contributed by atoms with van der Waals surface area (Å²) < 4.78 is 0. The molecule has 1 saturated carbocycles. The van der Waals surface area contributed by atoms with Crippen LogP contribution in [0.25, 0.3) is 0 Å². The van der Waals surface area contributed by atoms with Crippen LogP contribution < -0.4 is 11.1 Å². The van der Waals surface area contributed by atoms with E-state index in [2.05, 4.69) is 17.3 Å². The van der Waals surface area contributed by atoms with Gasteiger partial charge in [-0.15, -0.1) is 0 Å². The number of nitrogens with one attached hydrogen (secondary N) is 1. The molecule has 0 radical (unpaired) electrons. The van der Waals surface area contributed by atoms with Crippen LogP contribution in [-0.2, 0) is 4.79 Å². The molecule has 1 aromatic rings. The molecule has 0 aliphatic heterocycles. The average Bonchev–Trinajstić information content (AvgIpc) is 2.97. The highest BCUT2D eigenvalue weighted by Gasteiger charge is 2.19. The third-order valence-corrected chi connectivity index (χ3v) is 4.49. The van der Waals surface area contributed by atoms with E-state index >= 15 is 0 Å². The molecule has 3 N–H and O–H groups in total. The monoisotopic (exact) mass is 309 g/mol. The van der Waals surface area contributed by atoms with Gasteiger partial charge in [-0.1, -0.05) is 24.4 Å². The standard InChI is InChI=1S/C16H24ClN3O/c1-20(13-5-2-3-6-13)10-4-7-16(21)19-12-8-9-14(17)15(18)11-12/h8-9,11,13H,2-7,10,18H2,1H3,(H,19,21). The fourth-order valence-corrected chi connectivity index (χ4v) is 2.98. The lowest BCUT2D eigenvalue weighted by atomic mass is 10.2. The highest BCUT2D eigenvalue weighted by Crippen LogP contribution is 2.23. The SMILES string of the molecule is CN(CCCC(=O)Nc1ccc(Cl)c(N)c1)C1CCCC1. The molecule has 1 aliphatic rings. The van der Waals surface area contributed by atoms with Crippen LogP contribution in [0, 0.1) is 0 Å². The van der Waals surface area contributed by atoms with E-state index in [-0.39, 0.29) is 5.91 Å². The Balaban J connectivity index is 1.70. The number of hydrogen-bond acceptors (Lipinski definition) is 3. The summed E-state index contributed by atoms with van der Waals surface area (Å²) in [6.07, 6.45) is 6.68. The van der Waals surface area contributed by atoms with Crippen molar-refractivity contribution in [3.05, 3.63) is 23.2 Å². The lowest BCUT2D eigenvalue weighted by Crippen LogP contribution is -2.30. The minimum atomic E-state index is 0.0246. The van der Waals surface area contributed by atoms with Crippen LogP contribution in [0.5, 0.6) is 0 Å². The van der Waals surface area contributed by atoms with Crippen molar-refractivity contribution in [3.8, 4) is 0 Å². The lowest BCUT2D eigenvalue weighted by Gasteiger charge is -2.23. The summed E-state index contributed by atoms with van der Waals surface area (Å²) in [5.74, 6) is 0.0246. The quantitative estimate of drug-likeness (QED) is 0.791. The van der Waals surface area contributed by atoms with Crippen LogP contribution in [0.4, 0.5) is 11.4 Å². The Kier molecular flexibility index (Phi) is 5.88. The van der Waals surface area contributed by atoms with Gasteiger partial charge >= 0.3 is 0 Å². The van der Waals surface area contributed by atoms with E-state index in [0.29, 0.717) is 28.9 Å². The third-order valence-electron chi connectivity index (χ3n) is 4.14. The molecule has 2 rings (SSSR count). The van der Waals surface area contributed by atoms with Crippen LogP contribution in [0.1, 0.15) is 38.5 Å². The minimum absolute atomic E-state index is 0.0246. The Morgan fingerprint density at radius 2 is 2.14 bits per heavy atom. The molecule has 0 unspecified atom stereocenters. The Hall–Kier alpha value is -1.26. The number of nitrogens with two attached hydrogens (primary N) is 1. The summed E-state index contributed by atoms with van der Waals surface area (Å²) in [5, 5.41) is 3.36. The molecule has 21 heavy (non-hydrogen) atoms. The number of hydrogen-bond donors (Lipinski definition) is 2. The van der Waals surface area contributed by atoms with Crippen molar-refractivity contribution in [2.75, 3.05) is 24.6 Å². The number of carbonyl (C=O) groups is 1. The second-order valence-electron chi connectivity index (χ2n) is 5.81. The number of nitrogens with zero attached hydrogens (tertiary/aromatic N) is 1. The van der Waals surface area contributed by atoms with Crippen LogP contribution in [0.3, 0.4) is 0 Å². The van der Waals surface area contributed by atoms with Gasteiger partial charge in [-0.3, -0.25) is 4.79 Å². The van der Waals surface area contributed by atoms with E-state index in [4.69, 9.17) is 17.3 Å². The molecule has 5 heteroatoms. The average molecular weight is 310 g/mol. The molecule has 1 fully saturated rings. The van der Waals surface area contributed by atoms with Crippen molar-refractivity contribution in [1.29, 1.82) is 0 Å². The molecule has 1 amide bonds. The molecule has 0 bridgehead atoms. The van der Waals surface area contributed by atoms with Crippen molar-refractivity contribution >= 4 is 28.9 Å². The van der Waals surface area contributed by atoms with Gasteiger partial charge in [-0.05, 0) is 51.1 Å². The van der Waals surface area contributed by atoms with Crippen LogP contribution in [0.15, 0.2) is 18.2 Å². The van der Waals surface area contributed by atoms with E-state index in [9.17, 15) is 4.79 Å². The van der Waals surface area contributed by atoms with E-state index in [1.54, 1.807) is 18.2 Å². The van der Waals surface area contributed by atoms with E-state index < -0.39 is 0 Å². The number of nitrogen functional groups attached to an aromatic ring is 1. The smallest absolute Gasteiger partial charge is 0.224 e. The Labute approximate surface area is 131 Å². The summed E-state index contributed by atoms with van der Waals surface area (Å²) in [5.41, 5.74) is 6.90. The molecule has 1 aliphatic carbocycles. The maximum atomic E-state index is 11.9. The first kappa shape index (κ1) is 16.1. The molecule has 1 aromatic carbocycles. The van der Waals surface area contributed by atoms with Gasteiger partial charge in [0.2, 0.25) is 5.91 Å². The maximum absolute atomic E-state index is 11.9.